The van der Waals surface area contributed by atoms with E-state index in [-0.39, 0.29) is 0 Å². The molecule has 3 nitrogen and oxygen atoms in total. The zero-order chi connectivity index (χ0) is 9.68. The zero-order valence-corrected chi connectivity index (χ0v) is 8.49. The lowest BCUT2D eigenvalue weighted by Crippen LogP contribution is -2.43. The molecule has 1 rings (SSSR count). The van der Waals surface area contributed by atoms with Crippen LogP contribution in [0.3, 0.4) is 0 Å². The summed E-state index contributed by atoms with van der Waals surface area (Å²) in [5.74, 6) is 0. The Morgan fingerprint density at radius 2 is 2.08 bits per heavy atom. The summed E-state index contributed by atoms with van der Waals surface area (Å²) in [5.41, 5.74) is 0. The first kappa shape index (κ1) is 10.5. The predicted molar refractivity (Wildman–Crippen MR) is 51.3 cm³/mol. The fraction of sp³-hybridized carbons (Fsp3) is 0.900. The van der Waals surface area contributed by atoms with Gasteiger partial charge in [0.2, 0.25) is 0 Å². The number of ether oxygens (including phenoxy) is 1. The maximum Gasteiger partial charge on any atom is 0.0870 e. The Bertz CT molecular complexity index is 180. The third kappa shape index (κ3) is 2.98. The molecule has 0 N–H and O–H groups in total. The molecule has 3 heteroatoms. The highest BCUT2D eigenvalue weighted by molar-refractivity contribution is 4.84. The van der Waals surface area contributed by atoms with Gasteiger partial charge in [-0.05, 0) is 26.7 Å². The van der Waals surface area contributed by atoms with Gasteiger partial charge in [0.1, 0.15) is 0 Å². The van der Waals surface area contributed by atoms with Crippen molar-refractivity contribution in [1.82, 2.24) is 4.90 Å². The van der Waals surface area contributed by atoms with Crippen LogP contribution in [0.2, 0.25) is 0 Å². The maximum atomic E-state index is 8.69. The van der Waals surface area contributed by atoms with Crippen LogP contribution in [0.15, 0.2) is 0 Å². The molecule has 0 unspecified atom stereocenters. The first-order valence-electron chi connectivity index (χ1n) is 4.96. The average molecular weight is 182 g/mol. The molecule has 0 aromatic heterocycles. The molecule has 74 valence electrons. The molecular weight excluding hydrogens is 164 g/mol. The first-order chi connectivity index (χ1) is 6.25. The molecule has 0 saturated carbocycles. The van der Waals surface area contributed by atoms with Crippen molar-refractivity contribution >= 4 is 0 Å². The van der Waals surface area contributed by atoms with Gasteiger partial charge in [-0.15, -0.1) is 0 Å². The third-order valence-corrected chi connectivity index (χ3v) is 2.58. The van der Waals surface area contributed by atoms with Crippen LogP contribution in [0.25, 0.3) is 0 Å². The summed E-state index contributed by atoms with van der Waals surface area (Å²) in [5, 5.41) is 8.69. The van der Waals surface area contributed by atoms with Crippen molar-refractivity contribution in [3.63, 3.8) is 0 Å². The Balaban J connectivity index is 2.47. The van der Waals surface area contributed by atoms with E-state index in [1.807, 2.05) is 0 Å². The summed E-state index contributed by atoms with van der Waals surface area (Å²) < 4.78 is 5.30. The van der Waals surface area contributed by atoms with E-state index in [9.17, 15) is 0 Å². The van der Waals surface area contributed by atoms with Gasteiger partial charge in [-0.2, -0.15) is 5.26 Å². The fourth-order valence-electron chi connectivity index (χ4n) is 1.83. The van der Waals surface area contributed by atoms with Gasteiger partial charge in [-0.1, -0.05) is 0 Å². The molecular formula is C10H18N2O. The molecule has 0 spiro atoms. The van der Waals surface area contributed by atoms with Crippen LogP contribution in [0.5, 0.6) is 0 Å². The van der Waals surface area contributed by atoms with Crippen molar-refractivity contribution in [3.8, 4) is 6.07 Å². The van der Waals surface area contributed by atoms with Crippen LogP contribution in [0.1, 0.15) is 26.7 Å². The maximum absolute atomic E-state index is 8.69. The second-order valence-electron chi connectivity index (χ2n) is 3.77. The lowest BCUT2D eigenvalue weighted by molar-refractivity contribution is 0.0282. The van der Waals surface area contributed by atoms with Crippen molar-refractivity contribution in [2.24, 2.45) is 0 Å². The molecule has 13 heavy (non-hydrogen) atoms. The molecule has 0 amide bonds. The van der Waals surface area contributed by atoms with Gasteiger partial charge in [0.25, 0.3) is 0 Å². The molecule has 1 fully saturated rings. The lowest BCUT2D eigenvalue weighted by Gasteiger charge is -2.35. The van der Waals surface area contributed by atoms with Gasteiger partial charge in [-0.3, -0.25) is 4.90 Å². The molecule has 1 saturated heterocycles. The molecule has 0 atom stereocenters. The highest BCUT2D eigenvalue weighted by atomic mass is 16.5. The molecule has 1 aliphatic rings. The van der Waals surface area contributed by atoms with E-state index in [1.54, 1.807) is 0 Å². The van der Waals surface area contributed by atoms with Gasteiger partial charge in [0.05, 0.1) is 12.6 Å². The van der Waals surface area contributed by atoms with E-state index < -0.39 is 0 Å². The monoisotopic (exact) mass is 182 g/mol. The van der Waals surface area contributed by atoms with Gasteiger partial charge in [-0.25, -0.2) is 0 Å². The molecule has 0 bridgehead atoms. The smallest absolute Gasteiger partial charge is 0.0870 e. The minimum atomic E-state index is 0.461. The SMILES string of the molecule is CC(C)N(CC#N)C1CCOCC1. The summed E-state index contributed by atoms with van der Waals surface area (Å²) in [6, 6.07) is 3.24. The van der Waals surface area contributed by atoms with Crippen molar-refractivity contribution < 1.29 is 4.74 Å². The van der Waals surface area contributed by atoms with Crippen molar-refractivity contribution in [2.45, 2.75) is 38.8 Å². The van der Waals surface area contributed by atoms with Crippen LogP contribution in [-0.2, 0) is 4.74 Å². The Kier molecular flexibility index (Phi) is 4.20. The largest absolute Gasteiger partial charge is 0.381 e. The number of rotatable bonds is 3. The molecule has 0 aliphatic carbocycles. The molecule has 1 aliphatic heterocycles. The highest BCUT2D eigenvalue weighted by Crippen LogP contribution is 2.16. The number of hydrogen-bond donors (Lipinski definition) is 0. The molecule has 1 heterocycles. The van der Waals surface area contributed by atoms with E-state index in [0.29, 0.717) is 18.6 Å². The standard InChI is InChI=1S/C10H18N2O/c1-9(2)12(6-5-11)10-3-7-13-8-4-10/h9-10H,3-4,6-8H2,1-2H3. The normalized spacial score (nSPS) is 19.3. The van der Waals surface area contributed by atoms with E-state index in [1.165, 1.54) is 0 Å². The van der Waals surface area contributed by atoms with Gasteiger partial charge < -0.3 is 4.74 Å². The topological polar surface area (TPSA) is 36.3 Å². The minimum absolute atomic E-state index is 0.461. The number of nitrogens with zero attached hydrogens (tertiary/aromatic N) is 2. The molecule has 0 aromatic rings. The lowest BCUT2D eigenvalue weighted by atomic mass is 10.1. The first-order valence-corrected chi connectivity index (χ1v) is 4.96. The van der Waals surface area contributed by atoms with Crippen LogP contribution in [0, 0.1) is 11.3 Å². The summed E-state index contributed by atoms with van der Waals surface area (Å²) in [6.45, 7) is 6.53. The third-order valence-electron chi connectivity index (χ3n) is 2.58. The summed E-state index contributed by atoms with van der Waals surface area (Å²) in [6.07, 6.45) is 2.14. The quantitative estimate of drug-likeness (QED) is 0.619. The van der Waals surface area contributed by atoms with Crippen LogP contribution < -0.4 is 0 Å². The Morgan fingerprint density at radius 3 is 2.54 bits per heavy atom. The van der Waals surface area contributed by atoms with Crippen LogP contribution in [-0.4, -0.2) is 36.7 Å². The molecule has 0 aromatic carbocycles. The summed E-state index contributed by atoms with van der Waals surface area (Å²) >= 11 is 0. The van der Waals surface area contributed by atoms with Crippen molar-refractivity contribution in [1.29, 1.82) is 5.26 Å². The van der Waals surface area contributed by atoms with E-state index in [0.717, 1.165) is 26.1 Å². The van der Waals surface area contributed by atoms with Gasteiger partial charge in [0, 0.05) is 25.3 Å². The second kappa shape index (κ2) is 5.21. The Hall–Kier alpha value is -0.590. The second-order valence-corrected chi connectivity index (χ2v) is 3.77. The number of nitriles is 1. The van der Waals surface area contributed by atoms with Crippen LogP contribution in [0.4, 0.5) is 0 Å². The van der Waals surface area contributed by atoms with Gasteiger partial charge >= 0.3 is 0 Å². The Morgan fingerprint density at radius 1 is 1.46 bits per heavy atom. The highest BCUT2D eigenvalue weighted by Gasteiger charge is 2.22. The van der Waals surface area contributed by atoms with E-state index >= 15 is 0 Å². The van der Waals surface area contributed by atoms with Crippen molar-refractivity contribution in [2.75, 3.05) is 19.8 Å². The van der Waals surface area contributed by atoms with Crippen molar-refractivity contribution in [3.05, 3.63) is 0 Å². The zero-order valence-electron chi connectivity index (χ0n) is 8.49. The molecule has 0 radical (unpaired) electrons. The minimum Gasteiger partial charge on any atom is -0.381 e. The predicted octanol–water partition coefficient (Wildman–Crippen LogP) is 1.40. The van der Waals surface area contributed by atoms with E-state index in [2.05, 4.69) is 24.8 Å². The van der Waals surface area contributed by atoms with Crippen LogP contribution >= 0.6 is 0 Å². The fourth-order valence-corrected chi connectivity index (χ4v) is 1.83. The van der Waals surface area contributed by atoms with Gasteiger partial charge in [0.15, 0.2) is 0 Å². The summed E-state index contributed by atoms with van der Waals surface area (Å²) in [4.78, 5) is 2.27. The number of hydrogen-bond acceptors (Lipinski definition) is 3. The van der Waals surface area contributed by atoms with E-state index in [4.69, 9.17) is 10.00 Å². The average Bonchev–Trinajstić information content (AvgIpc) is 2.15. The summed E-state index contributed by atoms with van der Waals surface area (Å²) in [7, 11) is 0. The Labute approximate surface area is 80.3 Å².